The summed E-state index contributed by atoms with van der Waals surface area (Å²) in [5.41, 5.74) is 1.37. The lowest BCUT2D eigenvalue weighted by atomic mass is 10.2. The summed E-state index contributed by atoms with van der Waals surface area (Å²) in [5.74, 6) is 0. The molecule has 1 N–H and O–H groups in total. The van der Waals surface area contributed by atoms with E-state index in [1.807, 2.05) is 18.2 Å². The maximum Gasteiger partial charge on any atom is 0.101 e. The fourth-order valence-corrected chi connectivity index (χ4v) is 2.99. The Morgan fingerprint density at radius 1 is 1.35 bits per heavy atom. The van der Waals surface area contributed by atoms with Gasteiger partial charge in [0.1, 0.15) is 6.07 Å². The number of halogens is 2. The Morgan fingerprint density at radius 2 is 2.18 bits per heavy atom. The van der Waals surface area contributed by atoms with Crippen LogP contribution in [0.15, 0.2) is 34.1 Å². The Labute approximate surface area is 117 Å². The van der Waals surface area contributed by atoms with Gasteiger partial charge in [-0.25, -0.2) is 0 Å². The molecule has 2 nitrogen and oxygen atoms in total. The largest absolute Gasteiger partial charge is 0.379 e. The highest BCUT2D eigenvalue weighted by Gasteiger charge is 2.03. The molecule has 0 spiro atoms. The molecule has 0 saturated heterocycles. The van der Waals surface area contributed by atoms with E-state index in [0.717, 1.165) is 9.47 Å². The van der Waals surface area contributed by atoms with Crippen LogP contribution in [0.2, 0.25) is 5.02 Å². The van der Waals surface area contributed by atoms with Crippen molar-refractivity contribution in [3.63, 3.8) is 0 Å². The van der Waals surface area contributed by atoms with Crippen LogP contribution >= 0.6 is 38.9 Å². The summed E-state index contributed by atoms with van der Waals surface area (Å²) in [5, 5.41) is 12.8. The van der Waals surface area contributed by atoms with Gasteiger partial charge in [-0.2, -0.15) is 5.26 Å². The Kier molecular flexibility index (Phi) is 4.06. The number of nitrogens with one attached hydrogen (secondary N) is 1. The van der Waals surface area contributed by atoms with Gasteiger partial charge in [0.15, 0.2) is 0 Å². The number of anilines is 1. The molecule has 86 valence electrons. The minimum atomic E-state index is 0.563. The van der Waals surface area contributed by atoms with Crippen molar-refractivity contribution in [2.75, 3.05) is 5.32 Å². The van der Waals surface area contributed by atoms with Gasteiger partial charge in [0.05, 0.1) is 15.0 Å². The van der Waals surface area contributed by atoms with Gasteiger partial charge >= 0.3 is 0 Å². The fraction of sp³-hybridized carbons (Fsp3) is 0.0833. The molecule has 0 aliphatic rings. The normalized spacial score (nSPS) is 9.94. The lowest BCUT2D eigenvalue weighted by Crippen LogP contribution is -1.99. The average molecular weight is 328 g/mol. The first-order chi connectivity index (χ1) is 8.19. The molecule has 2 aromatic rings. The molecule has 0 amide bonds. The number of hydrogen-bond acceptors (Lipinski definition) is 3. The predicted molar refractivity (Wildman–Crippen MR) is 75.5 cm³/mol. The summed E-state index contributed by atoms with van der Waals surface area (Å²) < 4.78 is 1.10. The highest BCUT2D eigenvalue weighted by atomic mass is 79.9. The molecular formula is C12H8BrClN2S. The van der Waals surface area contributed by atoms with Crippen LogP contribution in [-0.2, 0) is 6.54 Å². The maximum absolute atomic E-state index is 8.99. The van der Waals surface area contributed by atoms with Crippen LogP contribution in [0, 0.1) is 11.3 Å². The molecular weight excluding hydrogens is 320 g/mol. The first-order valence-corrected chi connectivity index (χ1v) is 6.85. The molecule has 0 unspecified atom stereocenters. The molecule has 1 heterocycles. The van der Waals surface area contributed by atoms with Crippen LogP contribution in [0.3, 0.4) is 0 Å². The van der Waals surface area contributed by atoms with Gasteiger partial charge in [-0.15, -0.1) is 11.3 Å². The monoisotopic (exact) mass is 326 g/mol. The minimum Gasteiger partial charge on any atom is -0.379 e. The van der Waals surface area contributed by atoms with Crippen molar-refractivity contribution in [1.82, 2.24) is 0 Å². The van der Waals surface area contributed by atoms with Crippen molar-refractivity contribution in [2.45, 2.75) is 6.54 Å². The van der Waals surface area contributed by atoms with Crippen molar-refractivity contribution in [3.8, 4) is 6.07 Å². The highest BCUT2D eigenvalue weighted by Crippen LogP contribution is 2.24. The molecule has 0 radical (unpaired) electrons. The predicted octanol–water partition coefficient (Wildman–Crippen LogP) is 4.65. The molecule has 0 aliphatic carbocycles. The number of thiophene rings is 1. The molecule has 2 rings (SSSR count). The zero-order valence-electron chi connectivity index (χ0n) is 8.71. The molecule has 0 bridgehead atoms. The molecule has 0 atom stereocenters. The summed E-state index contributed by atoms with van der Waals surface area (Å²) in [6.07, 6.45) is 0. The molecule has 17 heavy (non-hydrogen) atoms. The Morgan fingerprint density at radius 3 is 2.82 bits per heavy atom. The molecule has 5 heteroatoms. The summed E-state index contributed by atoms with van der Waals surface area (Å²) in [6.45, 7) is 0.701. The molecule has 0 fully saturated rings. The van der Waals surface area contributed by atoms with Crippen LogP contribution in [0.25, 0.3) is 0 Å². The third-order valence-electron chi connectivity index (χ3n) is 2.18. The van der Waals surface area contributed by atoms with Gasteiger partial charge in [-0.1, -0.05) is 11.6 Å². The topological polar surface area (TPSA) is 35.8 Å². The van der Waals surface area contributed by atoms with E-state index >= 15 is 0 Å². The van der Waals surface area contributed by atoms with E-state index < -0.39 is 0 Å². The summed E-state index contributed by atoms with van der Waals surface area (Å²) in [4.78, 5) is 1.20. The maximum atomic E-state index is 8.99. The first-order valence-electron chi connectivity index (χ1n) is 4.87. The van der Waals surface area contributed by atoms with Crippen LogP contribution in [0.5, 0.6) is 0 Å². The lowest BCUT2D eigenvalue weighted by Gasteiger charge is -2.06. The number of nitrogens with zero attached hydrogens (tertiary/aromatic N) is 1. The smallest absolute Gasteiger partial charge is 0.101 e. The standard InChI is InChI=1S/C12H8BrClN2S/c13-12-4-2-10(17-12)7-16-11-3-1-9(14)5-8(11)6-15/h1-5,16H,7H2. The van der Waals surface area contributed by atoms with Crippen molar-refractivity contribution >= 4 is 44.6 Å². The Hall–Kier alpha value is -1.02. The van der Waals surface area contributed by atoms with Crippen LogP contribution in [0.4, 0.5) is 5.69 Å². The molecule has 1 aromatic carbocycles. The number of nitriles is 1. The Bertz CT molecular complexity index is 574. The second-order valence-electron chi connectivity index (χ2n) is 3.36. The van der Waals surface area contributed by atoms with Crippen LogP contribution in [0.1, 0.15) is 10.4 Å². The second kappa shape index (κ2) is 5.54. The van der Waals surface area contributed by atoms with Gasteiger partial charge in [0.25, 0.3) is 0 Å². The fourth-order valence-electron chi connectivity index (χ4n) is 1.39. The number of benzene rings is 1. The van der Waals surface area contributed by atoms with E-state index in [-0.39, 0.29) is 0 Å². The van der Waals surface area contributed by atoms with E-state index in [2.05, 4.69) is 27.3 Å². The summed E-state index contributed by atoms with van der Waals surface area (Å²) in [6, 6.07) is 11.4. The van der Waals surface area contributed by atoms with Crippen molar-refractivity contribution in [1.29, 1.82) is 5.26 Å². The van der Waals surface area contributed by atoms with E-state index in [0.29, 0.717) is 17.1 Å². The summed E-state index contributed by atoms with van der Waals surface area (Å²) in [7, 11) is 0. The first kappa shape index (κ1) is 12.4. The highest BCUT2D eigenvalue weighted by molar-refractivity contribution is 9.11. The zero-order valence-corrected chi connectivity index (χ0v) is 11.9. The molecule has 1 aromatic heterocycles. The van der Waals surface area contributed by atoms with Crippen molar-refractivity contribution in [2.24, 2.45) is 0 Å². The SMILES string of the molecule is N#Cc1cc(Cl)ccc1NCc1ccc(Br)s1. The van der Waals surface area contributed by atoms with Gasteiger partial charge in [-0.05, 0) is 46.3 Å². The average Bonchev–Trinajstić information content (AvgIpc) is 2.73. The Balaban J connectivity index is 2.12. The van der Waals surface area contributed by atoms with Gasteiger partial charge < -0.3 is 5.32 Å². The van der Waals surface area contributed by atoms with Crippen LogP contribution in [-0.4, -0.2) is 0 Å². The molecule has 0 saturated carbocycles. The van der Waals surface area contributed by atoms with Gasteiger partial charge in [-0.3, -0.25) is 0 Å². The van der Waals surface area contributed by atoms with Gasteiger partial charge in [0, 0.05) is 16.4 Å². The quantitative estimate of drug-likeness (QED) is 0.891. The van der Waals surface area contributed by atoms with Gasteiger partial charge in [0.2, 0.25) is 0 Å². The third kappa shape index (κ3) is 3.22. The third-order valence-corrected chi connectivity index (χ3v) is 4.04. The summed E-state index contributed by atoms with van der Waals surface area (Å²) >= 11 is 10.9. The van der Waals surface area contributed by atoms with Crippen molar-refractivity contribution < 1.29 is 0 Å². The number of rotatable bonds is 3. The van der Waals surface area contributed by atoms with E-state index in [9.17, 15) is 0 Å². The van der Waals surface area contributed by atoms with E-state index in [1.165, 1.54) is 4.88 Å². The number of hydrogen-bond donors (Lipinski definition) is 1. The zero-order chi connectivity index (χ0) is 12.3. The second-order valence-corrected chi connectivity index (χ2v) is 6.35. The lowest BCUT2D eigenvalue weighted by molar-refractivity contribution is 1.19. The van der Waals surface area contributed by atoms with Crippen LogP contribution < -0.4 is 5.32 Å². The molecule has 0 aliphatic heterocycles. The van der Waals surface area contributed by atoms with Crippen molar-refractivity contribution in [3.05, 3.63) is 49.6 Å². The minimum absolute atomic E-state index is 0.563. The van der Waals surface area contributed by atoms with E-state index in [4.69, 9.17) is 16.9 Å². The van der Waals surface area contributed by atoms with E-state index in [1.54, 1.807) is 23.5 Å².